The molecule has 3 rings (SSSR count). The number of aromatic nitrogens is 2. The molecule has 1 aliphatic carbocycles. The van der Waals surface area contributed by atoms with E-state index in [1.54, 1.807) is 4.68 Å². The Morgan fingerprint density at radius 1 is 1.22 bits per heavy atom. The van der Waals surface area contributed by atoms with Gasteiger partial charge in [0, 0.05) is 13.0 Å². The first-order chi connectivity index (χ1) is 15.2. The van der Waals surface area contributed by atoms with Crippen LogP contribution in [0.4, 0.5) is 0 Å². The molecule has 0 N–H and O–H groups in total. The number of nitrogens with zero attached hydrogens (tertiary/aromatic N) is 3. The molecule has 1 aliphatic rings. The van der Waals surface area contributed by atoms with Gasteiger partial charge in [-0.15, -0.1) is 0 Å². The number of rotatable bonds is 8. The topological polar surface area (TPSA) is 67.9 Å². The fourth-order valence-electron chi connectivity index (χ4n) is 4.37. The molecule has 1 heterocycles. The van der Waals surface area contributed by atoms with Crippen molar-refractivity contribution < 1.29 is 9.53 Å². The Bertz CT molecular complexity index is 1020. The number of nitriles is 1. The number of benzene rings is 1. The Morgan fingerprint density at radius 3 is 2.44 bits per heavy atom. The van der Waals surface area contributed by atoms with Gasteiger partial charge in [0.2, 0.25) is 0 Å². The van der Waals surface area contributed by atoms with Crippen LogP contribution < -0.4 is 5.19 Å². The maximum Gasteiger partial charge on any atom is 0.311 e. The van der Waals surface area contributed by atoms with Crippen molar-refractivity contribution in [1.29, 1.82) is 5.26 Å². The molecule has 1 aromatic heterocycles. The van der Waals surface area contributed by atoms with E-state index in [1.807, 2.05) is 32.0 Å². The molecule has 1 aromatic carbocycles. The molecule has 0 spiro atoms. The van der Waals surface area contributed by atoms with E-state index in [4.69, 9.17) is 4.74 Å². The molecule has 170 valence electrons. The number of carbonyl (C=O) groups is 1. The lowest BCUT2D eigenvalue weighted by Crippen LogP contribution is -2.37. The van der Waals surface area contributed by atoms with Gasteiger partial charge in [-0.1, -0.05) is 74.8 Å². The Balaban J connectivity index is 1.98. The van der Waals surface area contributed by atoms with Gasteiger partial charge in [0.15, 0.2) is 5.76 Å². The highest BCUT2D eigenvalue weighted by Crippen LogP contribution is 2.31. The van der Waals surface area contributed by atoms with Gasteiger partial charge in [0.25, 0.3) is 0 Å². The van der Waals surface area contributed by atoms with E-state index in [9.17, 15) is 10.1 Å². The van der Waals surface area contributed by atoms with E-state index in [1.165, 1.54) is 30.9 Å². The van der Waals surface area contributed by atoms with Crippen molar-refractivity contribution in [2.24, 2.45) is 5.92 Å². The molecule has 1 fully saturated rings. The van der Waals surface area contributed by atoms with Gasteiger partial charge >= 0.3 is 5.97 Å². The Labute approximate surface area is 193 Å². The second-order valence-electron chi connectivity index (χ2n) is 9.79. The Kier molecular flexibility index (Phi) is 7.73. The SMILES string of the molecule is CCn1nc(C)cc1/C(OC(=O)CCC1CCCC1)=C(/C#N)c1ccc([Si](C)(C)C)cc1. The van der Waals surface area contributed by atoms with Gasteiger partial charge in [-0.05, 0) is 37.8 Å². The molecule has 0 unspecified atom stereocenters. The smallest absolute Gasteiger partial charge is 0.311 e. The van der Waals surface area contributed by atoms with E-state index >= 15 is 0 Å². The molecule has 32 heavy (non-hydrogen) atoms. The second kappa shape index (κ2) is 10.3. The van der Waals surface area contributed by atoms with Crippen LogP contribution >= 0.6 is 0 Å². The maximum absolute atomic E-state index is 12.8. The standard InChI is InChI=1S/C26H35N3O2Si/c1-6-29-24(17-19(2)28-29)26(31-25(30)16-11-20-9-7-8-10-20)23(18-27)21-12-14-22(15-13-21)32(3,4)5/h12-15,17,20H,6-11,16H2,1-5H3/b26-23+. The molecule has 0 saturated heterocycles. The predicted molar refractivity (Wildman–Crippen MR) is 132 cm³/mol. The van der Waals surface area contributed by atoms with Gasteiger partial charge in [-0.2, -0.15) is 10.4 Å². The van der Waals surface area contributed by atoms with Crippen LogP contribution in [0.5, 0.6) is 0 Å². The molecule has 1 saturated carbocycles. The van der Waals surface area contributed by atoms with E-state index < -0.39 is 8.07 Å². The molecule has 0 amide bonds. The molecule has 5 nitrogen and oxygen atoms in total. The predicted octanol–water partition coefficient (Wildman–Crippen LogP) is 5.66. The van der Waals surface area contributed by atoms with Crippen molar-refractivity contribution in [2.75, 3.05) is 0 Å². The van der Waals surface area contributed by atoms with Crippen LogP contribution in [0.25, 0.3) is 11.3 Å². The van der Waals surface area contributed by atoms with Crippen LogP contribution in [-0.4, -0.2) is 23.8 Å². The third kappa shape index (κ3) is 5.77. The number of carbonyl (C=O) groups excluding carboxylic acids is 1. The zero-order chi connectivity index (χ0) is 23.3. The van der Waals surface area contributed by atoms with E-state index in [0.717, 1.165) is 17.7 Å². The third-order valence-electron chi connectivity index (χ3n) is 6.26. The highest BCUT2D eigenvalue weighted by molar-refractivity contribution is 6.88. The molecule has 0 radical (unpaired) electrons. The number of esters is 1. The zero-order valence-corrected chi connectivity index (χ0v) is 21.1. The fraction of sp³-hybridized carbons (Fsp3) is 0.500. The third-order valence-corrected chi connectivity index (χ3v) is 8.33. The summed E-state index contributed by atoms with van der Waals surface area (Å²) in [6.45, 7) is 11.4. The summed E-state index contributed by atoms with van der Waals surface area (Å²) in [5, 5.41) is 15.9. The summed E-state index contributed by atoms with van der Waals surface area (Å²) in [5.74, 6) is 0.648. The lowest BCUT2D eigenvalue weighted by Gasteiger charge is -2.17. The number of hydrogen-bond donors (Lipinski definition) is 0. The molecule has 2 aromatic rings. The summed E-state index contributed by atoms with van der Waals surface area (Å²) in [6.07, 6.45) is 6.14. The van der Waals surface area contributed by atoms with Crippen molar-refractivity contribution in [1.82, 2.24) is 9.78 Å². The average Bonchev–Trinajstić information content (AvgIpc) is 3.41. The van der Waals surface area contributed by atoms with E-state index in [2.05, 4.69) is 42.9 Å². The van der Waals surface area contributed by atoms with Gasteiger partial charge in [0.05, 0.1) is 13.8 Å². The molecule has 0 aliphatic heterocycles. The normalized spacial score (nSPS) is 15.4. The van der Waals surface area contributed by atoms with Gasteiger partial charge < -0.3 is 4.74 Å². The van der Waals surface area contributed by atoms with Crippen LogP contribution in [0.15, 0.2) is 30.3 Å². The van der Waals surface area contributed by atoms with Crippen molar-refractivity contribution in [3.63, 3.8) is 0 Å². The van der Waals surface area contributed by atoms with Crippen molar-refractivity contribution in [3.8, 4) is 6.07 Å². The Hall–Kier alpha value is -2.65. The van der Waals surface area contributed by atoms with Crippen molar-refractivity contribution in [2.45, 2.75) is 78.6 Å². The van der Waals surface area contributed by atoms with Crippen molar-refractivity contribution >= 4 is 30.6 Å². The number of hydrogen-bond acceptors (Lipinski definition) is 4. The maximum atomic E-state index is 12.8. The molecular weight excluding hydrogens is 414 g/mol. The number of ether oxygens (including phenoxy) is 1. The average molecular weight is 450 g/mol. The van der Waals surface area contributed by atoms with Crippen LogP contribution in [0, 0.1) is 24.2 Å². The Morgan fingerprint density at radius 2 is 1.88 bits per heavy atom. The van der Waals surface area contributed by atoms with Crippen LogP contribution in [0.3, 0.4) is 0 Å². The first kappa shape index (κ1) is 24.0. The summed E-state index contributed by atoms with van der Waals surface area (Å²) in [6, 6.07) is 12.3. The van der Waals surface area contributed by atoms with Gasteiger partial charge in [-0.25, -0.2) is 0 Å². The summed E-state index contributed by atoms with van der Waals surface area (Å²) >= 11 is 0. The minimum absolute atomic E-state index is 0.278. The zero-order valence-electron chi connectivity index (χ0n) is 20.1. The van der Waals surface area contributed by atoms with Gasteiger partial charge in [0.1, 0.15) is 17.3 Å². The van der Waals surface area contributed by atoms with Gasteiger partial charge in [-0.3, -0.25) is 9.48 Å². The second-order valence-corrected chi connectivity index (χ2v) is 14.9. The lowest BCUT2D eigenvalue weighted by atomic mass is 10.0. The first-order valence-corrected chi connectivity index (χ1v) is 15.2. The number of allylic oxidation sites excluding steroid dienone is 1. The largest absolute Gasteiger partial charge is 0.423 e. The quantitative estimate of drug-likeness (QED) is 0.226. The highest BCUT2D eigenvalue weighted by atomic mass is 28.3. The van der Waals surface area contributed by atoms with Crippen LogP contribution in [0.1, 0.15) is 62.4 Å². The summed E-state index contributed by atoms with van der Waals surface area (Å²) in [7, 11) is -1.45. The van der Waals surface area contributed by atoms with Crippen LogP contribution in [0.2, 0.25) is 19.6 Å². The molecule has 6 heteroatoms. The van der Waals surface area contributed by atoms with E-state index in [0.29, 0.717) is 35.9 Å². The van der Waals surface area contributed by atoms with E-state index in [-0.39, 0.29) is 5.97 Å². The summed E-state index contributed by atoms with van der Waals surface area (Å²) in [5.41, 5.74) is 2.63. The molecule has 0 atom stereocenters. The molecule has 0 bridgehead atoms. The highest BCUT2D eigenvalue weighted by Gasteiger charge is 2.23. The van der Waals surface area contributed by atoms with Crippen molar-refractivity contribution in [3.05, 3.63) is 47.3 Å². The van der Waals surface area contributed by atoms with Crippen LogP contribution in [-0.2, 0) is 16.1 Å². The minimum atomic E-state index is -1.45. The lowest BCUT2D eigenvalue weighted by molar-refractivity contribution is -0.137. The summed E-state index contributed by atoms with van der Waals surface area (Å²) < 4.78 is 7.72. The summed E-state index contributed by atoms with van der Waals surface area (Å²) in [4.78, 5) is 12.8. The monoisotopic (exact) mass is 449 g/mol. The first-order valence-electron chi connectivity index (χ1n) is 11.7. The number of aryl methyl sites for hydroxylation is 2. The molecular formula is C26H35N3O2Si. The fourth-order valence-corrected chi connectivity index (χ4v) is 5.54. The minimum Gasteiger partial charge on any atom is -0.423 e.